The molecule has 0 aliphatic carbocycles. The van der Waals surface area contributed by atoms with Gasteiger partial charge in [0.05, 0.1) is 15.1 Å². The second-order valence-electron chi connectivity index (χ2n) is 6.67. The molecule has 6 nitrogen and oxygen atoms in total. The van der Waals surface area contributed by atoms with E-state index in [0.29, 0.717) is 29.3 Å². The van der Waals surface area contributed by atoms with Gasteiger partial charge >= 0.3 is 0 Å². The Kier molecular flexibility index (Phi) is 6.18. The van der Waals surface area contributed by atoms with E-state index in [1.807, 2.05) is 31.1 Å². The van der Waals surface area contributed by atoms with Crippen molar-refractivity contribution in [3.63, 3.8) is 0 Å². The number of hydrogen-bond donors (Lipinski definition) is 0. The van der Waals surface area contributed by atoms with Crippen LogP contribution in [-0.2, 0) is 9.84 Å². The molecule has 0 fully saturated rings. The number of likely N-dealkylation sites (N-methyl/N-ethyl adjacent to an activating group) is 1. The first-order valence-electron chi connectivity index (χ1n) is 8.48. The fourth-order valence-corrected chi connectivity index (χ4v) is 4.75. The molecule has 148 valence electrons. The van der Waals surface area contributed by atoms with E-state index in [0.717, 1.165) is 9.17 Å². The second kappa shape index (κ2) is 8.28. The molecule has 1 heterocycles. The molecule has 0 aliphatic heterocycles. The third kappa shape index (κ3) is 4.78. The minimum Gasteiger partial charge on any atom is -0.308 e. The molecular weight excluding hydrogens is 462 g/mol. The number of rotatable bonds is 6. The van der Waals surface area contributed by atoms with Gasteiger partial charge in [-0.2, -0.15) is 0 Å². The Hall–Kier alpha value is -1.81. The zero-order valence-electron chi connectivity index (χ0n) is 15.7. The van der Waals surface area contributed by atoms with Crippen LogP contribution in [0.25, 0.3) is 10.2 Å². The van der Waals surface area contributed by atoms with Crippen LogP contribution >= 0.6 is 27.3 Å². The molecule has 0 bridgehead atoms. The van der Waals surface area contributed by atoms with Gasteiger partial charge in [0.1, 0.15) is 0 Å². The summed E-state index contributed by atoms with van der Waals surface area (Å²) in [6.07, 6.45) is 1.18. The number of sulfone groups is 1. The van der Waals surface area contributed by atoms with Gasteiger partial charge in [-0.3, -0.25) is 9.69 Å². The van der Waals surface area contributed by atoms with Crippen LogP contribution < -0.4 is 4.90 Å². The lowest BCUT2D eigenvalue weighted by molar-refractivity contribution is 0.0985. The van der Waals surface area contributed by atoms with Gasteiger partial charge in [-0.05, 0) is 50.5 Å². The predicted molar refractivity (Wildman–Crippen MR) is 117 cm³/mol. The minimum absolute atomic E-state index is 0.148. The average Bonchev–Trinajstić information content (AvgIpc) is 3.03. The topological polar surface area (TPSA) is 70.6 Å². The summed E-state index contributed by atoms with van der Waals surface area (Å²) in [5, 5.41) is 0.549. The summed E-state index contributed by atoms with van der Waals surface area (Å²) < 4.78 is 25.2. The van der Waals surface area contributed by atoms with Gasteiger partial charge in [-0.25, -0.2) is 13.4 Å². The lowest BCUT2D eigenvalue weighted by Crippen LogP contribution is -2.36. The molecule has 3 rings (SSSR count). The van der Waals surface area contributed by atoms with Crippen molar-refractivity contribution in [2.24, 2.45) is 0 Å². The van der Waals surface area contributed by atoms with Crippen LogP contribution in [0.1, 0.15) is 10.4 Å². The summed E-state index contributed by atoms with van der Waals surface area (Å²) in [5.41, 5.74) is 1.23. The van der Waals surface area contributed by atoms with E-state index in [2.05, 4.69) is 20.9 Å². The highest BCUT2D eigenvalue weighted by molar-refractivity contribution is 9.10. The van der Waals surface area contributed by atoms with E-state index < -0.39 is 9.84 Å². The zero-order valence-corrected chi connectivity index (χ0v) is 18.9. The molecule has 0 unspecified atom stereocenters. The van der Waals surface area contributed by atoms with E-state index in [1.165, 1.54) is 17.6 Å². The maximum absolute atomic E-state index is 13.2. The van der Waals surface area contributed by atoms with Crippen molar-refractivity contribution < 1.29 is 13.2 Å². The Morgan fingerprint density at radius 3 is 2.54 bits per heavy atom. The summed E-state index contributed by atoms with van der Waals surface area (Å²) in [7, 11) is 0.582. The SMILES string of the molecule is CN(C)CCN(C(=O)c1cccc(Br)c1)c1nc2ccc(S(C)(=O)=O)cc2s1. The lowest BCUT2D eigenvalue weighted by atomic mass is 10.2. The first kappa shape index (κ1) is 20.9. The fourth-order valence-electron chi connectivity index (χ4n) is 2.60. The lowest BCUT2D eigenvalue weighted by Gasteiger charge is -2.22. The number of anilines is 1. The number of amides is 1. The predicted octanol–water partition coefficient (Wildman–Crippen LogP) is 3.67. The van der Waals surface area contributed by atoms with Crippen molar-refractivity contribution in [1.82, 2.24) is 9.88 Å². The Bertz CT molecular complexity index is 1130. The third-order valence-electron chi connectivity index (χ3n) is 4.10. The van der Waals surface area contributed by atoms with Crippen molar-refractivity contribution >= 4 is 58.4 Å². The summed E-state index contributed by atoms with van der Waals surface area (Å²) in [6.45, 7) is 1.14. The maximum Gasteiger partial charge on any atom is 0.260 e. The Labute approximate surface area is 176 Å². The van der Waals surface area contributed by atoms with Crippen LogP contribution in [0.3, 0.4) is 0 Å². The molecule has 1 amide bonds. The van der Waals surface area contributed by atoms with E-state index in [1.54, 1.807) is 35.2 Å². The standard InChI is InChI=1S/C19H20BrN3O3S2/c1-22(2)9-10-23(18(24)13-5-4-6-14(20)11-13)19-21-16-8-7-15(28(3,25)26)12-17(16)27-19/h4-8,11-12H,9-10H2,1-3H3. The second-order valence-corrected chi connectivity index (χ2v) is 10.6. The van der Waals surface area contributed by atoms with Gasteiger partial charge in [-0.15, -0.1) is 0 Å². The first-order chi connectivity index (χ1) is 13.1. The number of aromatic nitrogens is 1. The Balaban J connectivity index is 2.03. The first-order valence-corrected chi connectivity index (χ1v) is 12.0. The smallest absolute Gasteiger partial charge is 0.260 e. The van der Waals surface area contributed by atoms with E-state index in [9.17, 15) is 13.2 Å². The van der Waals surface area contributed by atoms with Crippen LogP contribution in [0.4, 0.5) is 5.13 Å². The van der Waals surface area contributed by atoms with Gasteiger partial charge in [0.25, 0.3) is 5.91 Å². The number of carbonyl (C=O) groups excluding carboxylic acids is 1. The molecule has 0 aliphatic rings. The highest BCUT2D eigenvalue weighted by atomic mass is 79.9. The maximum atomic E-state index is 13.2. The van der Waals surface area contributed by atoms with Crippen LogP contribution in [0.15, 0.2) is 51.8 Å². The highest BCUT2D eigenvalue weighted by Crippen LogP contribution is 2.31. The molecule has 28 heavy (non-hydrogen) atoms. The van der Waals surface area contributed by atoms with Crippen LogP contribution in [0, 0.1) is 0 Å². The van der Waals surface area contributed by atoms with Crippen molar-refractivity contribution in [2.45, 2.75) is 4.90 Å². The molecule has 0 atom stereocenters. The molecule has 2 aromatic carbocycles. The fraction of sp³-hybridized carbons (Fsp3) is 0.263. The number of nitrogens with zero attached hydrogens (tertiary/aromatic N) is 3. The average molecular weight is 482 g/mol. The normalized spacial score (nSPS) is 11.9. The quantitative estimate of drug-likeness (QED) is 0.536. The van der Waals surface area contributed by atoms with Gasteiger partial charge < -0.3 is 4.90 Å². The molecule has 0 saturated heterocycles. The van der Waals surface area contributed by atoms with E-state index in [-0.39, 0.29) is 10.8 Å². The minimum atomic E-state index is -3.30. The summed E-state index contributed by atoms with van der Waals surface area (Å²) in [6, 6.07) is 12.1. The summed E-state index contributed by atoms with van der Waals surface area (Å²) >= 11 is 4.72. The summed E-state index contributed by atoms with van der Waals surface area (Å²) in [4.78, 5) is 21.6. The van der Waals surface area contributed by atoms with E-state index >= 15 is 0 Å². The number of thiazole rings is 1. The van der Waals surface area contributed by atoms with Crippen LogP contribution in [-0.4, -0.2) is 57.6 Å². The number of carbonyl (C=O) groups is 1. The van der Waals surface area contributed by atoms with Gasteiger partial charge in [0.15, 0.2) is 15.0 Å². The van der Waals surface area contributed by atoms with Gasteiger partial charge in [-0.1, -0.05) is 33.3 Å². The molecule has 0 spiro atoms. The monoisotopic (exact) mass is 481 g/mol. The van der Waals surface area contributed by atoms with Gasteiger partial charge in [0.2, 0.25) is 0 Å². The highest BCUT2D eigenvalue weighted by Gasteiger charge is 2.22. The molecule has 9 heteroatoms. The third-order valence-corrected chi connectivity index (χ3v) is 6.74. The number of halogens is 1. The van der Waals surface area contributed by atoms with Crippen molar-refractivity contribution in [1.29, 1.82) is 0 Å². The molecule has 1 aromatic heterocycles. The molecule has 0 saturated carbocycles. The molecule has 0 N–H and O–H groups in total. The number of hydrogen-bond acceptors (Lipinski definition) is 6. The molecular formula is C19H20BrN3O3S2. The largest absolute Gasteiger partial charge is 0.308 e. The number of fused-ring (bicyclic) bond motifs is 1. The molecule has 0 radical (unpaired) electrons. The van der Waals surface area contributed by atoms with Crippen molar-refractivity contribution in [3.05, 3.63) is 52.5 Å². The number of benzene rings is 2. The van der Waals surface area contributed by atoms with Gasteiger partial charge in [0, 0.05) is 29.4 Å². The van der Waals surface area contributed by atoms with Crippen molar-refractivity contribution in [2.75, 3.05) is 38.3 Å². The summed E-state index contributed by atoms with van der Waals surface area (Å²) in [5.74, 6) is -0.148. The van der Waals surface area contributed by atoms with Crippen LogP contribution in [0.2, 0.25) is 0 Å². The Morgan fingerprint density at radius 1 is 1.14 bits per heavy atom. The van der Waals surface area contributed by atoms with Crippen molar-refractivity contribution in [3.8, 4) is 0 Å². The molecule has 3 aromatic rings. The van der Waals surface area contributed by atoms with E-state index in [4.69, 9.17) is 0 Å². The zero-order chi connectivity index (χ0) is 20.5. The Morgan fingerprint density at radius 2 is 1.89 bits per heavy atom. The van der Waals surface area contributed by atoms with Crippen LogP contribution in [0.5, 0.6) is 0 Å².